The number of sulfonamides is 1. The Kier molecular flexibility index (Phi) is 16.1. The largest absolute Gasteiger partial charge is 0.483 e. The van der Waals surface area contributed by atoms with Crippen molar-refractivity contribution in [1.82, 2.24) is 30.6 Å². The molecule has 4 heterocycles. The second-order valence-corrected chi connectivity index (χ2v) is 18.4. The van der Waals surface area contributed by atoms with E-state index in [0.717, 1.165) is 40.1 Å². The number of morpholine rings is 1. The molecule has 22 heteroatoms. The molecule has 372 valence electrons. The first-order valence-corrected chi connectivity index (χ1v) is 24.4. The first kappa shape index (κ1) is 49.9. The molecular weight excluding hydrogens is 941 g/mol. The number of carbonyl (C=O) groups excluding carboxylic acids is 7. The van der Waals surface area contributed by atoms with E-state index >= 15 is 0 Å². The standard InChI is InChI=1S/C49H52N8O13S/c58-42-17-16-40(47(62)54-42)57-48(63)37-5-3-7-41(44(37)49(57)64)70-30-43(59)50-18-22-67-26-27-68-23-19-51-45(60)31-8-14-35(15-9-31)71(65,66)55-39(28-32-29-52-38-6-2-1-4-36(32)38)46(61)53-33-10-12-34(13-11-33)56-20-24-69-25-21-56/h1-15,29,39-40,52,55H,16-28,30H2,(H,50,59)(H,51,60)(H,53,61)(H,54,58,62). The van der Waals surface area contributed by atoms with Gasteiger partial charge in [-0.25, -0.2) is 8.42 Å². The van der Waals surface area contributed by atoms with Gasteiger partial charge in [-0.2, -0.15) is 4.72 Å². The van der Waals surface area contributed by atoms with Gasteiger partial charge < -0.3 is 44.8 Å². The lowest BCUT2D eigenvalue weighted by atomic mass is 10.0. The van der Waals surface area contributed by atoms with Crippen molar-refractivity contribution in [3.05, 3.63) is 119 Å². The minimum Gasteiger partial charge on any atom is -0.483 e. The minimum absolute atomic E-state index is 0.000931. The van der Waals surface area contributed by atoms with E-state index in [2.05, 4.69) is 35.9 Å². The van der Waals surface area contributed by atoms with Gasteiger partial charge in [0.15, 0.2) is 6.61 Å². The van der Waals surface area contributed by atoms with Gasteiger partial charge in [-0.05, 0) is 85.1 Å². The van der Waals surface area contributed by atoms with Crippen LogP contribution in [0.15, 0.2) is 102 Å². The zero-order chi connectivity index (χ0) is 49.9. The molecule has 4 aromatic carbocycles. The Bertz CT molecular complexity index is 2900. The molecule has 8 rings (SSSR count). The predicted molar refractivity (Wildman–Crippen MR) is 256 cm³/mol. The van der Waals surface area contributed by atoms with Gasteiger partial charge in [0.2, 0.25) is 27.7 Å². The lowest BCUT2D eigenvalue weighted by Gasteiger charge is -2.29. The average Bonchev–Trinajstić information content (AvgIpc) is 3.90. The van der Waals surface area contributed by atoms with E-state index in [0.29, 0.717) is 18.9 Å². The van der Waals surface area contributed by atoms with Crippen molar-refractivity contribution in [2.24, 2.45) is 0 Å². The Morgan fingerprint density at radius 3 is 2.25 bits per heavy atom. The molecule has 0 radical (unpaired) electrons. The van der Waals surface area contributed by atoms with Crippen molar-refractivity contribution in [2.45, 2.75) is 36.2 Å². The summed E-state index contributed by atoms with van der Waals surface area (Å²) in [5, 5.41) is 11.2. The smallest absolute Gasteiger partial charge is 0.266 e. The average molecular weight is 993 g/mol. The molecule has 71 heavy (non-hydrogen) atoms. The highest BCUT2D eigenvalue weighted by Gasteiger charge is 2.46. The van der Waals surface area contributed by atoms with E-state index in [1.165, 1.54) is 42.5 Å². The number of nitrogens with one attached hydrogen (secondary N) is 6. The van der Waals surface area contributed by atoms with Crippen molar-refractivity contribution < 1.29 is 60.9 Å². The molecule has 21 nitrogen and oxygen atoms in total. The molecule has 2 saturated heterocycles. The molecular formula is C49H52N8O13S. The normalized spacial score (nSPS) is 16.4. The Morgan fingerprint density at radius 2 is 1.52 bits per heavy atom. The van der Waals surface area contributed by atoms with Crippen molar-refractivity contribution in [2.75, 3.05) is 82.6 Å². The lowest BCUT2D eigenvalue weighted by molar-refractivity contribution is -0.136. The van der Waals surface area contributed by atoms with E-state index < -0.39 is 70.1 Å². The van der Waals surface area contributed by atoms with Crippen LogP contribution in [0.25, 0.3) is 10.9 Å². The van der Waals surface area contributed by atoms with Crippen LogP contribution < -0.4 is 35.6 Å². The quantitative estimate of drug-likeness (QED) is 0.0427. The Balaban J connectivity index is 0.734. The highest BCUT2D eigenvalue weighted by atomic mass is 32.2. The number of carbonyl (C=O) groups is 7. The maximum absolute atomic E-state index is 13.8. The molecule has 0 spiro atoms. The molecule has 5 aromatic rings. The Labute approximate surface area is 407 Å². The number of para-hydroxylation sites is 1. The number of benzene rings is 4. The number of amides is 7. The molecule has 2 fully saturated rings. The van der Waals surface area contributed by atoms with Crippen LogP contribution >= 0.6 is 0 Å². The summed E-state index contributed by atoms with van der Waals surface area (Å²) in [6, 6.07) is 22.3. The molecule has 3 aliphatic rings. The number of aromatic amines is 1. The zero-order valence-electron chi connectivity index (χ0n) is 38.4. The third-order valence-electron chi connectivity index (χ3n) is 11.9. The second kappa shape index (κ2) is 22.9. The fourth-order valence-electron chi connectivity index (χ4n) is 8.28. The van der Waals surface area contributed by atoms with E-state index in [1.54, 1.807) is 18.3 Å². The number of nitrogens with zero attached hydrogens (tertiary/aromatic N) is 2. The Morgan fingerprint density at radius 1 is 0.803 bits per heavy atom. The SMILES string of the molecule is O=C(COc1cccc2c1C(=O)N(C1CCC(=O)NC1=O)C2=O)NCCOCCOCCNC(=O)c1ccc(S(=O)(=O)NC(Cc2c[nH]c3ccccc23)C(=O)Nc2ccc(N3CCOCC3)cc2)cc1. The predicted octanol–water partition coefficient (Wildman–Crippen LogP) is 1.89. The minimum atomic E-state index is -4.25. The fourth-order valence-corrected chi connectivity index (χ4v) is 9.47. The first-order valence-electron chi connectivity index (χ1n) is 22.9. The van der Waals surface area contributed by atoms with Crippen LogP contribution in [0.2, 0.25) is 0 Å². The second-order valence-electron chi connectivity index (χ2n) is 16.6. The number of H-pyrrole nitrogens is 1. The summed E-state index contributed by atoms with van der Waals surface area (Å²) in [6.07, 6.45) is 1.80. The van der Waals surface area contributed by atoms with Gasteiger partial charge in [-0.15, -0.1) is 0 Å². The number of hydrogen-bond acceptors (Lipinski definition) is 14. The number of rotatable bonds is 22. The summed E-state index contributed by atoms with van der Waals surface area (Å²) >= 11 is 0. The van der Waals surface area contributed by atoms with E-state index in [9.17, 15) is 42.0 Å². The van der Waals surface area contributed by atoms with E-state index in [-0.39, 0.29) is 86.1 Å². The summed E-state index contributed by atoms with van der Waals surface area (Å²) in [5.41, 5.74) is 3.26. The number of ether oxygens (including phenoxy) is 4. The van der Waals surface area contributed by atoms with Crippen LogP contribution in [-0.2, 0) is 49.8 Å². The molecule has 3 aliphatic heterocycles. The van der Waals surface area contributed by atoms with Crippen LogP contribution in [0.1, 0.15) is 49.5 Å². The summed E-state index contributed by atoms with van der Waals surface area (Å²) in [4.78, 5) is 95.4. The van der Waals surface area contributed by atoms with Gasteiger partial charge in [0.25, 0.3) is 23.6 Å². The van der Waals surface area contributed by atoms with E-state index in [4.69, 9.17) is 18.9 Å². The molecule has 2 atom stereocenters. The van der Waals surface area contributed by atoms with Gasteiger partial charge in [0.1, 0.15) is 17.8 Å². The topological polar surface area (TPSA) is 273 Å². The molecule has 2 unspecified atom stereocenters. The molecule has 1 aromatic heterocycles. The van der Waals surface area contributed by atoms with Gasteiger partial charge in [-0.3, -0.25) is 43.8 Å². The highest BCUT2D eigenvalue weighted by Crippen LogP contribution is 2.34. The molecule has 0 aliphatic carbocycles. The van der Waals surface area contributed by atoms with Gasteiger partial charge in [0.05, 0.1) is 55.7 Å². The zero-order valence-corrected chi connectivity index (χ0v) is 39.2. The van der Waals surface area contributed by atoms with Crippen molar-refractivity contribution in [3.8, 4) is 5.75 Å². The molecule has 0 saturated carbocycles. The van der Waals surface area contributed by atoms with Crippen LogP contribution in [0, 0.1) is 0 Å². The monoisotopic (exact) mass is 992 g/mol. The molecule has 6 N–H and O–H groups in total. The van der Waals surface area contributed by atoms with Crippen molar-refractivity contribution >= 4 is 73.7 Å². The number of imide groups is 2. The molecule has 7 amide bonds. The van der Waals surface area contributed by atoms with Crippen LogP contribution in [0.3, 0.4) is 0 Å². The summed E-state index contributed by atoms with van der Waals surface area (Å²) in [6.45, 7) is 3.27. The maximum atomic E-state index is 13.8. The van der Waals surface area contributed by atoms with Crippen molar-refractivity contribution in [1.29, 1.82) is 0 Å². The van der Waals surface area contributed by atoms with Crippen LogP contribution in [-0.4, -0.2) is 144 Å². The van der Waals surface area contributed by atoms with Crippen molar-refractivity contribution in [3.63, 3.8) is 0 Å². The number of hydrogen-bond donors (Lipinski definition) is 6. The molecule has 0 bridgehead atoms. The highest BCUT2D eigenvalue weighted by molar-refractivity contribution is 7.89. The van der Waals surface area contributed by atoms with Gasteiger partial charge >= 0.3 is 0 Å². The number of fused-ring (bicyclic) bond motifs is 2. The van der Waals surface area contributed by atoms with Crippen LogP contribution in [0.4, 0.5) is 11.4 Å². The summed E-state index contributed by atoms with van der Waals surface area (Å²) in [7, 11) is -4.25. The summed E-state index contributed by atoms with van der Waals surface area (Å²) in [5.74, 6) is -4.18. The third kappa shape index (κ3) is 12.3. The summed E-state index contributed by atoms with van der Waals surface area (Å²) < 4.78 is 52.2. The lowest BCUT2D eigenvalue weighted by Crippen LogP contribution is -2.54. The Hall–Kier alpha value is -7.50. The first-order chi connectivity index (χ1) is 34.4. The number of anilines is 2. The van der Waals surface area contributed by atoms with Gasteiger partial charge in [-0.1, -0.05) is 24.3 Å². The van der Waals surface area contributed by atoms with Gasteiger partial charge in [0, 0.05) is 66.6 Å². The fraction of sp³-hybridized carbons (Fsp3) is 0.327. The van der Waals surface area contributed by atoms with Crippen LogP contribution in [0.5, 0.6) is 5.75 Å². The number of piperidine rings is 1. The third-order valence-corrected chi connectivity index (χ3v) is 13.4. The maximum Gasteiger partial charge on any atom is 0.266 e. The number of aromatic nitrogens is 1. The van der Waals surface area contributed by atoms with E-state index in [1.807, 2.05) is 36.4 Å².